The van der Waals surface area contributed by atoms with Crippen LogP contribution in [0.3, 0.4) is 0 Å². The van der Waals surface area contributed by atoms with Crippen LogP contribution in [0.15, 0.2) is 48.5 Å². The first kappa shape index (κ1) is 16.0. The summed E-state index contributed by atoms with van der Waals surface area (Å²) in [6, 6.07) is 13.7. The molecule has 7 heteroatoms. The standard InChI is InChI=1S/C16H14N2O5/c19-14(16(22)23)18-13-8-11(6-7-12(13)15(20)21)17-9-10-4-2-1-3-5-10/h1-8,17H,9H2,(H,18,19)(H,20,21)(H,22,23). The molecule has 0 radical (unpaired) electrons. The number of carboxylic acids is 2. The number of rotatable bonds is 5. The molecule has 0 unspecified atom stereocenters. The number of nitrogens with one attached hydrogen (secondary N) is 2. The zero-order valence-corrected chi connectivity index (χ0v) is 11.9. The van der Waals surface area contributed by atoms with E-state index in [0.717, 1.165) is 5.56 Å². The number of aliphatic carboxylic acids is 1. The first-order chi connectivity index (χ1) is 11.0. The van der Waals surface area contributed by atoms with Crippen molar-refractivity contribution in [2.24, 2.45) is 0 Å². The van der Waals surface area contributed by atoms with E-state index in [9.17, 15) is 14.4 Å². The first-order valence-corrected chi connectivity index (χ1v) is 6.67. The lowest BCUT2D eigenvalue weighted by atomic mass is 10.1. The van der Waals surface area contributed by atoms with E-state index in [1.165, 1.54) is 12.1 Å². The molecule has 0 spiro atoms. The van der Waals surface area contributed by atoms with Gasteiger partial charge < -0.3 is 20.8 Å². The number of anilines is 2. The number of amides is 1. The van der Waals surface area contributed by atoms with Crippen molar-refractivity contribution < 1.29 is 24.6 Å². The normalized spacial score (nSPS) is 9.91. The second-order valence-corrected chi connectivity index (χ2v) is 4.66. The molecule has 0 atom stereocenters. The summed E-state index contributed by atoms with van der Waals surface area (Å²) in [4.78, 5) is 33.0. The van der Waals surface area contributed by atoms with Crippen LogP contribution in [-0.4, -0.2) is 28.1 Å². The predicted octanol–water partition coefficient (Wildman–Crippen LogP) is 2.02. The van der Waals surface area contributed by atoms with Crippen LogP contribution in [0, 0.1) is 0 Å². The highest BCUT2D eigenvalue weighted by Gasteiger charge is 2.17. The Morgan fingerprint density at radius 2 is 1.65 bits per heavy atom. The van der Waals surface area contributed by atoms with Crippen molar-refractivity contribution in [3.8, 4) is 0 Å². The van der Waals surface area contributed by atoms with Gasteiger partial charge in [-0.3, -0.25) is 4.79 Å². The molecule has 0 saturated carbocycles. The Morgan fingerprint density at radius 1 is 0.957 bits per heavy atom. The molecular weight excluding hydrogens is 300 g/mol. The highest BCUT2D eigenvalue weighted by molar-refractivity contribution is 6.36. The number of hydrogen-bond donors (Lipinski definition) is 4. The third-order valence-corrected chi connectivity index (χ3v) is 3.03. The molecule has 0 aliphatic rings. The molecule has 0 aliphatic carbocycles. The van der Waals surface area contributed by atoms with Gasteiger partial charge in [-0.05, 0) is 23.8 Å². The van der Waals surface area contributed by atoms with Gasteiger partial charge in [0.25, 0.3) is 0 Å². The molecule has 2 rings (SSSR count). The Kier molecular flexibility index (Phi) is 4.93. The highest BCUT2D eigenvalue weighted by atomic mass is 16.4. The van der Waals surface area contributed by atoms with Crippen molar-refractivity contribution in [2.45, 2.75) is 6.54 Å². The van der Waals surface area contributed by atoms with Crippen molar-refractivity contribution >= 4 is 29.2 Å². The Morgan fingerprint density at radius 3 is 2.26 bits per heavy atom. The fraction of sp³-hybridized carbons (Fsp3) is 0.0625. The average molecular weight is 314 g/mol. The fourth-order valence-corrected chi connectivity index (χ4v) is 1.92. The summed E-state index contributed by atoms with van der Waals surface area (Å²) < 4.78 is 0. The Balaban J connectivity index is 2.19. The summed E-state index contributed by atoms with van der Waals surface area (Å²) in [6.07, 6.45) is 0. The smallest absolute Gasteiger partial charge is 0.394 e. The number of benzene rings is 2. The second-order valence-electron chi connectivity index (χ2n) is 4.66. The number of aromatic carboxylic acids is 1. The van der Waals surface area contributed by atoms with Crippen LogP contribution in [0.2, 0.25) is 0 Å². The van der Waals surface area contributed by atoms with E-state index in [4.69, 9.17) is 10.2 Å². The van der Waals surface area contributed by atoms with E-state index in [1.807, 2.05) is 30.3 Å². The van der Waals surface area contributed by atoms with Crippen LogP contribution < -0.4 is 10.6 Å². The number of carboxylic acid groups (broad SMARTS) is 2. The summed E-state index contributed by atoms with van der Waals surface area (Å²) in [5.74, 6) is -4.25. The summed E-state index contributed by atoms with van der Waals surface area (Å²) in [5, 5.41) is 22.9. The van der Waals surface area contributed by atoms with Gasteiger partial charge in [0.05, 0.1) is 11.3 Å². The third-order valence-electron chi connectivity index (χ3n) is 3.03. The van der Waals surface area contributed by atoms with Crippen molar-refractivity contribution in [2.75, 3.05) is 10.6 Å². The van der Waals surface area contributed by atoms with Gasteiger partial charge in [0, 0.05) is 12.2 Å². The Bertz CT molecular complexity index is 743. The lowest BCUT2D eigenvalue weighted by Crippen LogP contribution is -2.23. The third kappa shape index (κ3) is 4.31. The van der Waals surface area contributed by atoms with E-state index in [0.29, 0.717) is 12.2 Å². The van der Waals surface area contributed by atoms with Crippen LogP contribution >= 0.6 is 0 Å². The SMILES string of the molecule is O=C(O)C(=O)Nc1cc(NCc2ccccc2)ccc1C(=O)O. The maximum absolute atomic E-state index is 11.3. The molecule has 2 aromatic rings. The van der Waals surface area contributed by atoms with Crippen LogP contribution in [0.5, 0.6) is 0 Å². The minimum Gasteiger partial charge on any atom is -0.478 e. The molecule has 1 amide bonds. The predicted molar refractivity (Wildman–Crippen MR) is 83.4 cm³/mol. The van der Waals surface area contributed by atoms with Crippen LogP contribution in [0.1, 0.15) is 15.9 Å². The Labute approximate surface area is 131 Å². The maximum atomic E-state index is 11.3. The molecule has 4 N–H and O–H groups in total. The van der Waals surface area contributed by atoms with Crippen molar-refractivity contribution in [1.82, 2.24) is 0 Å². The van der Waals surface area contributed by atoms with E-state index >= 15 is 0 Å². The van der Waals surface area contributed by atoms with Crippen LogP contribution in [0.4, 0.5) is 11.4 Å². The minimum atomic E-state index is -1.69. The van der Waals surface area contributed by atoms with Gasteiger partial charge in [-0.25, -0.2) is 9.59 Å². The van der Waals surface area contributed by atoms with Crippen LogP contribution in [-0.2, 0) is 16.1 Å². The van der Waals surface area contributed by atoms with Gasteiger partial charge >= 0.3 is 17.8 Å². The van der Waals surface area contributed by atoms with Crippen molar-refractivity contribution in [3.63, 3.8) is 0 Å². The summed E-state index contributed by atoms with van der Waals surface area (Å²) in [6.45, 7) is 0.500. The molecular formula is C16H14N2O5. The van der Waals surface area contributed by atoms with E-state index < -0.39 is 17.8 Å². The lowest BCUT2D eigenvalue weighted by molar-refractivity contribution is -0.147. The maximum Gasteiger partial charge on any atom is 0.394 e. The number of carbonyl (C=O) groups is 3. The van der Waals surface area contributed by atoms with Crippen molar-refractivity contribution in [3.05, 3.63) is 59.7 Å². The molecule has 7 nitrogen and oxygen atoms in total. The van der Waals surface area contributed by atoms with Crippen LogP contribution in [0.25, 0.3) is 0 Å². The number of carbonyl (C=O) groups excluding carboxylic acids is 1. The average Bonchev–Trinajstić information content (AvgIpc) is 2.53. The topological polar surface area (TPSA) is 116 Å². The van der Waals surface area contributed by atoms with E-state index in [2.05, 4.69) is 10.6 Å². The molecule has 0 heterocycles. The first-order valence-electron chi connectivity index (χ1n) is 6.67. The molecule has 118 valence electrons. The highest BCUT2D eigenvalue weighted by Crippen LogP contribution is 2.22. The molecule has 0 bridgehead atoms. The molecule has 0 aliphatic heterocycles. The zero-order chi connectivity index (χ0) is 16.8. The zero-order valence-electron chi connectivity index (χ0n) is 11.9. The molecule has 0 aromatic heterocycles. The number of hydrogen-bond acceptors (Lipinski definition) is 4. The van der Waals surface area contributed by atoms with E-state index in [1.54, 1.807) is 6.07 Å². The van der Waals surface area contributed by atoms with E-state index in [-0.39, 0.29) is 11.3 Å². The van der Waals surface area contributed by atoms with Gasteiger partial charge in [0.1, 0.15) is 0 Å². The largest absolute Gasteiger partial charge is 0.478 e. The summed E-state index contributed by atoms with van der Waals surface area (Å²) >= 11 is 0. The van der Waals surface area contributed by atoms with Crippen molar-refractivity contribution in [1.29, 1.82) is 0 Å². The monoisotopic (exact) mass is 314 g/mol. The van der Waals surface area contributed by atoms with Gasteiger partial charge in [0.15, 0.2) is 0 Å². The van der Waals surface area contributed by atoms with Gasteiger partial charge in [-0.1, -0.05) is 30.3 Å². The molecule has 0 saturated heterocycles. The van der Waals surface area contributed by atoms with Gasteiger partial charge in [0.2, 0.25) is 0 Å². The molecule has 0 fully saturated rings. The summed E-state index contributed by atoms with van der Waals surface area (Å²) in [7, 11) is 0. The van der Waals surface area contributed by atoms with Gasteiger partial charge in [-0.15, -0.1) is 0 Å². The Hall–Kier alpha value is -3.35. The lowest BCUT2D eigenvalue weighted by Gasteiger charge is -2.11. The fourth-order valence-electron chi connectivity index (χ4n) is 1.92. The minimum absolute atomic E-state index is 0.0806. The second kappa shape index (κ2) is 7.08. The molecule has 23 heavy (non-hydrogen) atoms. The quantitative estimate of drug-likeness (QED) is 0.628. The van der Waals surface area contributed by atoms with Gasteiger partial charge in [-0.2, -0.15) is 0 Å². The summed E-state index contributed by atoms with van der Waals surface area (Å²) in [5.41, 5.74) is 1.30. The molecule has 2 aromatic carbocycles.